The molecule has 1 heteroatoms. The zero-order valence-corrected chi connectivity index (χ0v) is 7.88. The Labute approximate surface area is 75.0 Å². The molecule has 12 heavy (non-hydrogen) atoms. The van der Waals surface area contributed by atoms with Crippen molar-refractivity contribution in [1.29, 1.82) is 0 Å². The van der Waals surface area contributed by atoms with Gasteiger partial charge in [0, 0.05) is 18.8 Å². The number of rotatable bonds is 4. The summed E-state index contributed by atoms with van der Waals surface area (Å²) < 4.78 is 0. The van der Waals surface area contributed by atoms with Crippen LogP contribution < -0.4 is 4.90 Å². The Morgan fingerprint density at radius 1 is 1.25 bits per heavy atom. The number of benzene rings is 1. The minimum absolute atomic E-state index is 1.08. The lowest BCUT2D eigenvalue weighted by Crippen LogP contribution is -2.23. The minimum atomic E-state index is 1.08. The lowest BCUT2D eigenvalue weighted by atomic mass is 10.3. The first-order chi connectivity index (χ1) is 5.88. The number of hydrogen-bond acceptors (Lipinski definition) is 1. The van der Waals surface area contributed by atoms with Gasteiger partial charge in [-0.15, -0.1) is 0 Å². The SMILES string of the molecule is CCCN(CC)c1cc[c]cc1. The van der Waals surface area contributed by atoms with Gasteiger partial charge in [0.25, 0.3) is 0 Å². The molecule has 0 fully saturated rings. The fraction of sp³-hybridized carbons (Fsp3) is 0.455. The molecule has 0 aliphatic carbocycles. The zero-order valence-electron chi connectivity index (χ0n) is 7.88. The van der Waals surface area contributed by atoms with Gasteiger partial charge < -0.3 is 4.90 Å². The Morgan fingerprint density at radius 3 is 2.42 bits per heavy atom. The van der Waals surface area contributed by atoms with Crippen molar-refractivity contribution in [3.8, 4) is 0 Å². The van der Waals surface area contributed by atoms with Crippen LogP contribution in [0.5, 0.6) is 0 Å². The predicted molar refractivity (Wildman–Crippen MR) is 53.5 cm³/mol. The summed E-state index contributed by atoms with van der Waals surface area (Å²) in [4.78, 5) is 2.37. The molecule has 0 amide bonds. The van der Waals surface area contributed by atoms with Crippen molar-refractivity contribution < 1.29 is 0 Å². The molecular weight excluding hydrogens is 146 g/mol. The number of anilines is 1. The second kappa shape index (κ2) is 4.81. The van der Waals surface area contributed by atoms with Crippen molar-refractivity contribution in [3.05, 3.63) is 30.3 Å². The molecule has 1 nitrogen and oxygen atoms in total. The van der Waals surface area contributed by atoms with Crippen LogP contribution in [0.1, 0.15) is 20.3 Å². The maximum absolute atomic E-state index is 3.03. The fourth-order valence-electron chi connectivity index (χ4n) is 1.33. The summed E-state index contributed by atoms with van der Waals surface area (Å²) in [7, 11) is 0. The molecule has 1 rings (SSSR count). The number of nitrogens with zero attached hydrogens (tertiary/aromatic N) is 1. The number of hydrogen-bond donors (Lipinski definition) is 0. The highest BCUT2D eigenvalue weighted by molar-refractivity contribution is 5.45. The van der Waals surface area contributed by atoms with E-state index in [1.807, 2.05) is 12.1 Å². The smallest absolute Gasteiger partial charge is 0.0366 e. The first-order valence-electron chi connectivity index (χ1n) is 4.59. The summed E-state index contributed by atoms with van der Waals surface area (Å²) in [5.74, 6) is 0. The van der Waals surface area contributed by atoms with E-state index in [4.69, 9.17) is 0 Å². The van der Waals surface area contributed by atoms with Gasteiger partial charge in [-0.3, -0.25) is 0 Å². The van der Waals surface area contributed by atoms with Gasteiger partial charge in [-0.05, 0) is 31.5 Å². The Balaban J connectivity index is 2.66. The second-order valence-electron chi connectivity index (χ2n) is 2.84. The zero-order chi connectivity index (χ0) is 8.81. The van der Waals surface area contributed by atoms with Crippen LogP contribution in [0.15, 0.2) is 24.3 Å². The van der Waals surface area contributed by atoms with Crippen LogP contribution in [0.4, 0.5) is 5.69 Å². The van der Waals surface area contributed by atoms with Gasteiger partial charge in [-0.2, -0.15) is 0 Å². The van der Waals surface area contributed by atoms with Crippen LogP contribution >= 0.6 is 0 Å². The van der Waals surface area contributed by atoms with Crippen molar-refractivity contribution >= 4 is 5.69 Å². The Hall–Kier alpha value is -0.980. The molecular formula is C11H16N. The molecule has 0 aromatic heterocycles. The van der Waals surface area contributed by atoms with Crippen LogP contribution in [0.3, 0.4) is 0 Å². The molecule has 0 N–H and O–H groups in total. The molecule has 0 saturated heterocycles. The highest BCUT2D eigenvalue weighted by Gasteiger charge is 1.99. The van der Waals surface area contributed by atoms with E-state index in [9.17, 15) is 0 Å². The van der Waals surface area contributed by atoms with E-state index >= 15 is 0 Å². The quantitative estimate of drug-likeness (QED) is 0.658. The third kappa shape index (κ3) is 2.26. The summed E-state index contributed by atoms with van der Waals surface area (Å²) in [5.41, 5.74) is 1.30. The van der Waals surface area contributed by atoms with E-state index in [0.717, 1.165) is 13.1 Å². The van der Waals surface area contributed by atoms with E-state index in [1.165, 1.54) is 12.1 Å². The summed E-state index contributed by atoms with van der Waals surface area (Å²) >= 11 is 0. The van der Waals surface area contributed by atoms with Crippen LogP contribution in [-0.2, 0) is 0 Å². The average Bonchev–Trinajstić information content (AvgIpc) is 2.15. The molecule has 1 aromatic carbocycles. The van der Waals surface area contributed by atoms with Gasteiger partial charge in [0.1, 0.15) is 0 Å². The second-order valence-corrected chi connectivity index (χ2v) is 2.84. The van der Waals surface area contributed by atoms with Gasteiger partial charge in [0.05, 0.1) is 0 Å². The van der Waals surface area contributed by atoms with E-state index in [-0.39, 0.29) is 0 Å². The largest absolute Gasteiger partial charge is 0.372 e. The van der Waals surface area contributed by atoms with Gasteiger partial charge in [0.2, 0.25) is 0 Å². The molecule has 0 aliphatic heterocycles. The molecule has 0 spiro atoms. The van der Waals surface area contributed by atoms with Crippen molar-refractivity contribution in [2.24, 2.45) is 0 Å². The third-order valence-electron chi connectivity index (χ3n) is 1.94. The van der Waals surface area contributed by atoms with Gasteiger partial charge in [-0.25, -0.2) is 0 Å². The molecule has 1 radical (unpaired) electrons. The summed E-state index contributed by atoms with van der Waals surface area (Å²) in [5, 5.41) is 0. The van der Waals surface area contributed by atoms with Crippen LogP contribution in [0, 0.1) is 6.07 Å². The van der Waals surface area contributed by atoms with Crippen LogP contribution in [0.25, 0.3) is 0 Å². The third-order valence-corrected chi connectivity index (χ3v) is 1.94. The van der Waals surface area contributed by atoms with E-state index in [0.29, 0.717) is 0 Å². The van der Waals surface area contributed by atoms with Crippen LogP contribution in [0.2, 0.25) is 0 Å². The standard InChI is InChI=1S/C11H16N/c1-3-10-12(4-2)11-8-6-5-7-9-11/h6-9H,3-4,10H2,1-2H3. The summed E-state index contributed by atoms with van der Waals surface area (Å²) in [6, 6.07) is 11.2. The van der Waals surface area contributed by atoms with E-state index < -0.39 is 0 Å². The Bertz CT molecular complexity index is 206. The van der Waals surface area contributed by atoms with E-state index in [1.54, 1.807) is 0 Å². The minimum Gasteiger partial charge on any atom is -0.372 e. The topological polar surface area (TPSA) is 3.24 Å². The van der Waals surface area contributed by atoms with Crippen molar-refractivity contribution in [2.45, 2.75) is 20.3 Å². The van der Waals surface area contributed by atoms with Crippen molar-refractivity contribution in [3.63, 3.8) is 0 Å². The lowest BCUT2D eigenvalue weighted by molar-refractivity contribution is 0.792. The monoisotopic (exact) mass is 162 g/mol. The van der Waals surface area contributed by atoms with Gasteiger partial charge in [-0.1, -0.05) is 19.1 Å². The maximum Gasteiger partial charge on any atom is 0.0366 e. The molecule has 0 heterocycles. The highest BCUT2D eigenvalue weighted by atomic mass is 15.1. The molecule has 0 bridgehead atoms. The molecule has 0 saturated carbocycles. The van der Waals surface area contributed by atoms with Crippen molar-refractivity contribution in [1.82, 2.24) is 0 Å². The normalized spacial score (nSPS) is 9.83. The van der Waals surface area contributed by atoms with E-state index in [2.05, 4.69) is 36.9 Å². The summed E-state index contributed by atoms with van der Waals surface area (Å²) in [6.07, 6.45) is 1.20. The Morgan fingerprint density at radius 2 is 1.92 bits per heavy atom. The highest BCUT2D eigenvalue weighted by Crippen LogP contribution is 2.12. The summed E-state index contributed by atoms with van der Waals surface area (Å²) in [6.45, 7) is 6.61. The van der Waals surface area contributed by atoms with Crippen molar-refractivity contribution in [2.75, 3.05) is 18.0 Å². The fourth-order valence-corrected chi connectivity index (χ4v) is 1.33. The first-order valence-corrected chi connectivity index (χ1v) is 4.59. The van der Waals surface area contributed by atoms with Gasteiger partial charge >= 0.3 is 0 Å². The molecule has 0 unspecified atom stereocenters. The molecule has 65 valence electrons. The van der Waals surface area contributed by atoms with Crippen LogP contribution in [-0.4, -0.2) is 13.1 Å². The molecule has 1 aromatic rings. The predicted octanol–water partition coefficient (Wildman–Crippen LogP) is 2.72. The maximum atomic E-state index is 3.03. The first kappa shape index (κ1) is 9.11. The lowest BCUT2D eigenvalue weighted by Gasteiger charge is -2.21. The molecule has 0 aliphatic rings. The Kier molecular flexibility index (Phi) is 3.65. The van der Waals surface area contributed by atoms with Gasteiger partial charge in [0.15, 0.2) is 0 Å². The molecule has 0 atom stereocenters. The average molecular weight is 162 g/mol.